The standard InChI is InChI=1S/C5H9NOS/c7-3-5-4-8-2-1-6-5/h3,5-6H,1-2,4H2/t5-/m1/s1. The molecule has 0 aromatic heterocycles. The SMILES string of the molecule is O=C[C@@H]1CSCCN1. The molecular weight excluding hydrogens is 122 g/mol. The number of nitrogens with one attached hydrogen (secondary N) is 1. The smallest absolute Gasteiger partial charge is 0.137 e. The Morgan fingerprint density at radius 3 is 3.00 bits per heavy atom. The van der Waals surface area contributed by atoms with E-state index in [1.54, 1.807) is 0 Å². The van der Waals surface area contributed by atoms with Crippen LogP contribution in [0.2, 0.25) is 0 Å². The molecule has 46 valence electrons. The highest BCUT2D eigenvalue weighted by atomic mass is 32.2. The van der Waals surface area contributed by atoms with Gasteiger partial charge in [0.05, 0.1) is 6.04 Å². The van der Waals surface area contributed by atoms with E-state index in [0.29, 0.717) is 0 Å². The van der Waals surface area contributed by atoms with Crippen molar-refractivity contribution in [2.45, 2.75) is 6.04 Å². The van der Waals surface area contributed by atoms with Gasteiger partial charge < -0.3 is 10.1 Å². The molecule has 1 heterocycles. The van der Waals surface area contributed by atoms with E-state index in [4.69, 9.17) is 0 Å². The summed E-state index contributed by atoms with van der Waals surface area (Å²) >= 11 is 1.83. The molecule has 1 rings (SSSR count). The van der Waals surface area contributed by atoms with Crippen LogP contribution in [0.3, 0.4) is 0 Å². The second-order valence-electron chi connectivity index (χ2n) is 1.77. The van der Waals surface area contributed by atoms with Crippen molar-refractivity contribution >= 4 is 18.0 Å². The summed E-state index contributed by atoms with van der Waals surface area (Å²) in [7, 11) is 0. The van der Waals surface area contributed by atoms with E-state index in [0.717, 1.165) is 24.3 Å². The zero-order valence-electron chi connectivity index (χ0n) is 4.59. The fraction of sp³-hybridized carbons (Fsp3) is 0.800. The lowest BCUT2D eigenvalue weighted by atomic mass is 10.4. The van der Waals surface area contributed by atoms with E-state index in [9.17, 15) is 4.79 Å². The van der Waals surface area contributed by atoms with Gasteiger partial charge >= 0.3 is 0 Å². The van der Waals surface area contributed by atoms with Crippen LogP contribution in [0, 0.1) is 0 Å². The quantitative estimate of drug-likeness (QED) is 0.503. The van der Waals surface area contributed by atoms with Crippen molar-refractivity contribution in [1.82, 2.24) is 5.32 Å². The van der Waals surface area contributed by atoms with E-state index >= 15 is 0 Å². The molecule has 0 amide bonds. The van der Waals surface area contributed by atoms with E-state index in [1.165, 1.54) is 0 Å². The van der Waals surface area contributed by atoms with Gasteiger partial charge in [-0.1, -0.05) is 0 Å². The maximum atomic E-state index is 10.1. The van der Waals surface area contributed by atoms with Gasteiger partial charge in [0.15, 0.2) is 0 Å². The first kappa shape index (κ1) is 6.11. The van der Waals surface area contributed by atoms with Crippen molar-refractivity contribution < 1.29 is 4.79 Å². The van der Waals surface area contributed by atoms with Gasteiger partial charge in [-0.2, -0.15) is 11.8 Å². The molecule has 1 aliphatic rings. The predicted octanol–water partition coefficient (Wildman–Crippen LogP) is -0.110. The topological polar surface area (TPSA) is 29.1 Å². The zero-order chi connectivity index (χ0) is 5.82. The molecule has 1 saturated heterocycles. The largest absolute Gasteiger partial charge is 0.306 e. The fourth-order valence-electron chi connectivity index (χ4n) is 0.673. The molecule has 0 bridgehead atoms. The summed E-state index contributed by atoms with van der Waals surface area (Å²) in [4.78, 5) is 10.1. The van der Waals surface area contributed by atoms with Crippen LogP contribution in [0.25, 0.3) is 0 Å². The number of carbonyl (C=O) groups excluding carboxylic acids is 1. The van der Waals surface area contributed by atoms with Gasteiger partial charge in [0.2, 0.25) is 0 Å². The molecule has 0 aromatic rings. The van der Waals surface area contributed by atoms with Crippen LogP contribution in [0.5, 0.6) is 0 Å². The number of thioether (sulfide) groups is 1. The lowest BCUT2D eigenvalue weighted by Gasteiger charge is -2.16. The lowest BCUT2D eigenvalue weighted by Crippen LogP contribution is -2.38. The first-order valence-electron chi connectivity index (χ1n) is 2.70. The monoisotopic (exact) mass is 131 g/mol. The Bertz CT molecular complexity index is 80.5. The summed E-state index contributed by atoms with van der Waals surface area (Å²) in [5.74, 6) is 2.09. The molecule has 0 radical (unpaired) electrons. The van der Waals surface area contributed by atoms with Gasteiger partial charge in [-0.05, 0) is 0 Å². The number of carbonyl (C=O) groups is 1. The lowest BCUT2D eigenvalue weighted by molar-refractivity contribution is -0.109. The van der Waals surface area contributed by atoms with Crippen molar-refractivity contribution in [2.24, 2.45) is 0 Å². The van der Waals surface area contributed by atoms with Gasteiger partial charge in [-0.3, -0.25) is 0 Å². The summed E-state index contributed by atoms with van der Waals surface area (Å²) in [6.45, 7) is 0.980. The minimum Gasteiger partial charge on any atom is -0.306 e. The second-order valence-corrected chi connectivity index (χ2v) is 2.92. The molecule has 1 fully saturated rings. The Hall–Kier alpha value is -0.0200. The van der Waals surface area contributed by atoms with Gasteiger partial charge in [-0.15, -0.1) is 0 Å². The summed E-state index contributed by atoms with van der Waals surface area (Å²) in [6, 6.07) is 0.119. The predicted molar refractivity (Wildman–Crippen MR) is 35.2 cm³/mol. The normalized spacial score (nSPS) is 29.8. The first-order valence-corrected chi connectivity index (χ1v) is 3.85. The Labute approximate surface area is 53.0 Å². The molecule has 0 spiro atoms. The number of rotatable bonds is 1. The van der Waals surface area contributed by atoms with Crippen molar-refractivity contribution in [2.75, 3.05) is 18.1 Å². The number of hydrogen-bond donors (Lipinski definition) is 1. The maximum absolute atomic E-state index is 10.1. The van der Waals surface area contributed by atoms with Gasteiger partial charge in [-0.25, -0.2) is 0 Å². The Morgan fingerprint density at radius 1 is 1.75 bits per heavy atom. The van der Waals surface area contributed by atoms with Crippen LogP contribution in [-0.2, 0) is 4.79 Å². The van der Waals surface area contributed by atoms with E-state index < -0.39 is 0 Å². The van der Waals surface area contributed by atoms with Gasteiger partial charge in [0.1, 0.15) is 6.29 Å². The summed E-state index contributed by atoms with van der Waals surface area (Å²) in [5.41, 5.74) is 0. The first-order chi connectivity index (χ1) is 3.93. The van der Waals surface area contributed by atoms with Crippen LogP contribution in [0.4, 0.5) is 0 Å². The zero-order valence-corrected chi connectivity index (χ0v) is 5.41. The van der Waals surface area contributed by atoms with Crippen LogP contribution >= 0.6 is 11.8 Å². The highest BCUT2D eigenvalue weighted by Gasteiger charge is 2.09. The van der Waals surface area contributed by atoms with Crippen LogP contribution < -0.4 is 5.32 Å². The fourth-order valence-corrected chi connectivity index (χ4v) is 1.55. The van der Waals surface area contributed by atoms with Crippen LogP contribution in [-0.4, -0.2) is 30.4 Å². The third-order valence-electron chi connectivity index (χ3n) is 1.11. The minimum atomic E-state index is 0.119. The van der Waals surface area contributed by atoms with Crippen LogP contribution in [0.15, 0.2) is 0 Å². The van der Waals surface area contributed by atoms with Gasteiger partial charge in [0, 0.05) is 18.1 Å². The van der Waals surface area contributed by atoms with E-state index in [2.05, 4.69) is 5.32 Å². The molecule has 0 saturated carbocycles. The molecule has 0 unspecified atom stereocenters. The third-order valence-corrected chi connectivity index (χ3v) is 2.20. The average molecular weight is 131 g/mol. The number of hydrogen-bond acceptors (Lipinski definition) is 3. The summed E-state index contributed by atoms with van der Waals surface area (Å²) in [5, 5.41) is 3.08. The third kappa shape index (κ3) is 1.49. The molecule has 0 aromatic carbocycles. The van der Waals surface area contributed by atoms with Crippen molar-refractivity contribution in [1.29, 1.82) is 0 Å². The van der Waals surface area contributed by atoms with E-state index in [1.807, 2.05) is 11.8 Å². The molecule has 1 N–H and O–H groups in total. The molecular formula is C5H9NOS. The molecule has 2 nitrogen and oxygen atoms in total. The highest BCUT2D eigenvalue weighted by Crippen LogP contribution is 2.04. The Morgan fingerprint density at radius 2 is 2.62 bits per heavy atom. The molecule has 3 heteroatoms. The summed E-state index contributed by atoms with van der Waals surface area (Å²) < 4.78 is 0. The highest BCUT2D eigenvalue weighted by molar-refractivity contribution is 7.99. The van der Waals surface area contributed by atoms with Crippen molar-refractivity contribution in [3.8, 4) is 0 Å². The number of aldehydes is 1. The Balaban J connectivity index is 2.22. The molecule has 8 heavy (non-hydrogen) atoms. The maximum Gasteiger partial charge on any atom is 0.137 e. The Kier molecular flexibility index (Phi) is 2.36. The molecule has 1 aliphatic heterocycles. The molecule has 0 aliphatic carbocycles. The average Bonchev–Trinajstić information content (AvgIpc) is 1.90. The molecule has 1 atom stereocenters. The van der Waals surface area contributed by atoms with Crippen LogP contribution in [0.1, 0.15) is 0 Å². The van der Waals surface area contributed by atoms with Crippen molar-refractivity contribution in [3.05, 3.63) is 0 Å². The minimum absolute atomic E-state index is 0.119. The summed E-state index contributed by atoms with van der Waals surface area (Å²) in [6.07, 6.45) is 0.978. The van der Waals surface area contributed by atoms with Crippen molar-refractivity contribution in [3.63, 3.8) is 0 Å². The van der Waals surface area contributed by atoms with Gasteiger partial charge in [0.25, 0.3) is 0 Å². The van der Waals surface area contributed by atoms with E-state index in [-0.39, 0.29) is 6.04 Å². The second kappa shape index (κ2) is 3.10.